The Morgan fingerprint density at radius 3 is 2.52 bits per heavy atom. The van der Waals surface area contributed by atoms with Crippen molar-refractivity contribution in [1.29, 1.82) is 0 Å². The van der Waals surface area contributed by atoms with Gasteiger partial charge in [-0.15, -0.1) is 0 Å². The van der Waals surface area contributed by atoms with Gasteiger partial charge < -0.3 is 19.9 Å². The Bertz CT molecular complexity index is 1780. The second kappa shape index (κ2) is 10.7. The van der Waals surface area contributed by atoms with E-state index < -0.39 is 10.0 Å². The number of sulfonamides is 1. The van der Waals surface area contributed by atoms with Crippen molar-refractivity contribution in [1.82, 2.24) is 24.1 Å². The third kappa shape index (κ3) is 5.34. The van der Waals surface area contributed by atoms with Gasteiger partial charge in [0.15, 0.2) is 5.65 Å². The molecular weight excluding hydrogens is 556 g/mol. The normalized spacial score (nSPS) is 17.4. The second-order valence-corrected chi connectivity index (χ2v) is 13.2. The molecule has 222 valence electrons. The Morgan fingerprint density at radius 2 is 1.88 bits per heavy atom. The zero-order valence-corrected chi connectivity index (χ0v) is 25.3. The molecule has 1 atom stereocenters. The van der Waals surface area contributed by atoms with E-state index in [0.717, 1.165) is 55.0 Å². The van der Waals surface area contributed by atoms with Crippen molar-refractivity contribution >= 4 is 50.0 Å². The number of rotatable bonds is 8. The molecule has 3 aromatic heterocycles. The van der Waals surface area contributed by atoms with Gasteiger partial charge in [0.2, 0.25) is 15.9 Å². The molecule has 2 fully saturated rings. The Kier molecular flexibility index (Phi) is 7.17. The highest BCUT2D eigenvalue weighted by Gasteiger charge is 2.31. The first-order valence-corrected chi connectivity index (χ1v) is 16.0. The number of ether oxygens (including phenoxy) is 1. The maximum absolute atomic E-state index is 12.7. The third-order valence-electron chi connectivity index (χ3n) is 8.05. The minimum Gasteiger partial charge on any atom is -0.358 e. The predicted molar refractivity (Wildman–Crippen MR) is 162 cm³/mol. The van der Waals surface area contributed by atoms with Crippen LogP contribution in [0.2, 0.25) is 0 Å². The minimum absolute atomic E-state index is 0.00421. The van der Waals surface area contributed by atoms with Crippen LogP contribution in [0.3, 0.4) is 0 Å². The number of aryl methyl sites for hydroxylation is 2. The number of fused-ring (bicyclic) bond motifs is 1. The number of imidazole rings is 2. The molecule has 2 N–H and O–H groups in total. The topological polar surface area (TPSA) is 136 Å². The summed E-state index contributed by atoms with van der Waals surface area (Å²) in [5.41, 5.74) is 4.53. The van der Waals surface area contributed by atoms with Crippen molar-refractivity contribution in [3.8, 4) is 11.4 Å². The molecule has 0 radical (unpaired) electrons. The van der Waals surface area contributed by atoms with Crippen molar-refractivity contribution in [2.24, 2.45) is 13.0 Å². The molecule has 1 saturated heterocycles. The molecule has 42 heavy (non-hydrogen) atoms. The van der Waals surface area contributed by atoms with E-state index in [1.54, 1.807) is 18.3 Å². The predicted octanol–water partition coefficient (Wildman–Crippen LogP) is 4.64. The molecule has 4 heterocycles. The van der Waals surface area contributed by atoms with Gasteiger partial charge in [-0.1, -0.05) is 0 Å². The fraction of sp³-hybridized carbons (Fsp3) is 0.448. The first-order valence-electron chi connectivity index (χ1n) is 14.2. The van der Waals surface area contributed by atoms with E-state index in [0.29, 0.717) is 40.7 Å². The number of hydrogen-bond acceptors (Lipinski definition) is 8. The minimum atomic E-state index is -3.60. The molecule has 1 saturated carbocycles. The number of pyridine rings is 1. The number of carbonyl (C=O) groups is 1. The van der Waals surface area contributed by atoms with Crippen LogP contribution < -0.4 is 14.9 Å². The summed E-state index contributed by atoms with van der Waals surface area (Å²) in [5.74, 6) is 1.81. The molecule has 6 rings (SSSR count). The van der Waals surface area contributed by atoms with Crippen molar-refractivity contribution in [2.75, 3.05) is 34.8 Å². The van der Waals surface area contributed by atoms with Gasteiger partial charge in [0.1, 0.15) is 29.2 Å². The fourth-order valence-corrected chi connectivity index (χ4v) is 5.81. The largest absolute Gasteiger partial charge is 0.358 e. The van der Waals surface area contributed by atoms with Crippen LogP contribution in [0.4, 0.5) is 22.9 Å². The molecule has 1 aromatic carbocycles. The highest BCUT2D eigenvalue weighted by Crippen LogP contribution is 2.38. The van der Waals surface area contributed by atoms with Crippen molar-refractivity contribution in [3.63, 3.8) is 0 Å². The molecule has 1 amide bonds. The van der Waals surface area contributed by atoms with Gasteiger partial charge in [-0.25, -0.2) is 23.4 Å². The molecule has 12 nitrogen and oxygen atoms in total. The highest BCUT2D eigenvalue weighted by molar-refractivity contribution is 7.92. The van der Waals surface area contributed by atoms with E-state index >= 15 is 0 Å². The molecule has 1 unspecified atom stereocenters. The molecule has 1 aliphatic carbocycles. The lowest BCUT2D eigenvalue weighted by atomic mass is 10.1. The van der Waals surface area contributed by atoms with Gasteiger partial charge in [-0.3, -0.25) is 13.7 Å². The zero-order valence-electron chi connectivity index (χ0n) is 24.5. The van der Waals surface area contributed by atoms with Crippen LogP contribution >= 0.6 is 0 Å². The molecule has 2 aliphatic rings. The SMILES string of the molecule is Cc1cnc(-c2ccc(Nc3cc(NC(=O)C4CC4)nc4c3nc(C)n4C3CCCCO3)c(N(C)S(C)(=O)=O)c2)n1C. The van der Waals surface area contributed by atoms with Crippen LogP contribution in [0.25, 0.3) is 22.6 Å². The Labute approximate surface area is 245 Å². The third-order valence-corrected chi connectivity index (χ3v) is 9.24. The number of carbonyl (C=O) groups excluding carboxylic acids is 1. The molecule has 0 spiro atoms. The number of nitrogens with zero attached hydrogens (tertiary/aromatic N) is 6. The Hall–Kier alpha value is -3.97. The number of hydrogen-bond donors (Lipinski definition) is 2. The van der Waals surface area contributed by atoms with Gasteiger partial charge in [-0.2, -0.15) is 0 Å². The van der Waals surface area contributed by atoms with E-state index in [4.69, 9.17) is 14.7 Å². The summed E-state index contributed by atoms with van der Waals surface area (Å²) in [7, 11) is -0.160. The average Bonchev–Trinajstić information content (AvgIpc) is 3.69. The van der Waals surface area contributed by atoms with Gasteiger partial charge in [0.25, 0.3) is 0 Å². The van der Waals surface area contributed by atoms with E-state index in [1.165, 1.54) is 17.6 Å². The molecule has 0 bridgehead atoms. The van der Waals surface area contributed by atoms with Gasteiger partial charge in [-0.05, 0) is 64.2 Å². The lowest BCUT2D eigenvalue weighted by molar-refractivity contribution is -0.117. The van der Waals surface area contributed by atoms with E-state index in [1.807, 2.05) is 42.2 Å². The molecule has 4 aromatic rings. The van der Waals surface area contributed by atoms with Crippen LogP contribution in [0.5, 0.6) is 0 Å². The number of aromatic nitrogens is 5. The van der Waals surface area contributed by atoms with Crippen LogP contribution in [-0.4, -0.2) is 58.3 Å². The van der Waals surface area contributed by atoms with Crippen molar-refractivity contribution in [2.45, 2.75) is 52.2 Å². The number of benzene rings is 1. The van der Waals surface area contributed by atoms with E-state index in [-0.39, 0.29) is 18.1 Å². The summed E-state index contributed by atoms with van der Waals surface area (Å²) in [6.07, 6.45) is 7.37. The number of nitrogens with one attached hydrogen (secondary N) is 2. The first-order chi connectivity index (χ1) is 20.0. The zero-order chi connectivity index (χ0) is 29.8. The fourth-order valence-electron chi connectivity index (χ4n) is 5.30. The van der Waals surface area contributed by atoms with Crippen molar-refractivity contribution < 1.29 is 17.9 Å². The Morgan fingerprint density at radius 1 is 1.10 bits per heavy atom. The summed E-state index contributed by atoms with van der Waals surface area (Å²) >= 11 is 0. The molecule has 13 heteroatoms. The summed E-state index contributed by atoms with van der Waals surface area (Å²) < 4.78 is 36.7. The van der Waals surface area contributed by atoms with Crippen LogP contribution in [0, 0.1) is 19.8 Å². The molecular formula is C29H36N8O4S. The maximum Gasteiger partial charge on any atom is 0.232 e. The quantitative estimate of drug-likeness (QED) is 0.302. The summed E-state index contributed by atoms with van der Waals surface area (Å²) in [4.78, 5) is 26.9. The summed E-state index contributed by atoms with van der Waals surface area (Å²) in [5, 5.41) is 6.40. The van der Waals surface area contributed by atoms with Crippen LogP contribution in [0.1, 0.15) is 49.9 Å². The van der Waals surface area contributed by atoms with Gasteiger partial charge in [0, 0.05) is 50.1 Å². The van der Waals surface area contributed by atoms with Crippen LogP contribution in [-0.2, 0) is 26.6 Å². The lowest BCUT2D eigenvalue weighted by Crippen LogP contribution is -2.25. The first kappa shape index (κ1) is 28.2. The van der Waals surface area contributed by atoms with Gasteiger partial charge >= 0.3 is 0 Å². The number of anilines is 4. The summed E-state index contributed by atoms with van der Waals surface area (Å²) in [6, 6.07) is 7.29. The number of amides is 1. The van der Waals surface area contributed by atoms with Crippen LogP contribution in [0.15, 0.2) is 30.5 Å². The monoisotopic (exact) mass is 592 g/mol. The molecule has 1 aliphatic heterocycles. The Balaban J connectivity index is 1.48. The smallest absolute Gasteiger partial charge is 0.232 e. The second-order valence-electron chi connectivity index (χ2n) is 11.2. The standard InChI is InChI=1S/C29H36N8O4S/c1-17-16-30-27(35(17)3)20-11-12-21(23(14-20)36(4)42(5,39)40)32-22-15-24(34-29(38)19-9-10-19)33-28-26(22)31-18(2)37(28)25-8-6-7-13-41-25/h11-12,14-16,19,25H,6-10,13H2,1-5H3,(H2,32,33,34,38). The average molecular weight is 593 g/mol. The lowest BCUT2D eigenvalue weighted by Gasteiger charge is -2.25. The van der Waals surface area contributed by atoms with E-state index in [9.17, 15) is 13.2 Å². The highest BCUT2D eigenvalue weighted by atomic mass is 32.2. The maximum atomic E-state index is 12.7. The van der Waals surface area contributed by atoms with E-state index in [2.05, 4.69) is 15.6 Å². The van der Waals surface area contributed by atoms with Gasteiger partial charge in [0.05, 0.1) is 23.3 Å². The van der Waals surface area contributed by atoms with Crippen molar-refractivity contribution in [3.05, 3.63) is 42.0 Å². The summed E-state index contributed by atoms with van der Waals surface area (Å²) in [6.45, 7) is 4.54.